The van der Waals surface area contributed by atoms with Crippen molar-refractivity contribution in [2.24, 2.45) is 0 Å². The highest BCUT2D eigenvalue weighted by atomic mass is 35.5. The normalized spacial score (nSPS) is 18.7. The fraction of sp³-hybridized carbons (Fsp3) is 0.429. The minimum atomic E-state index is -0.374. The maximum absolute atomic E-state index is 12.9. The van der Waals surface area contributed by atoms with Gasteiger partial charge in [0.15, 0.2) is 12.1 Å². The molecule has 166 valence electrons. The summed E-state index contributed by atoms with van der Waals surface area (Å²) in [7, 11) is 0. The van der Waals surface area contributed by atoms with Crippen LogP contribution in [0.25, 0.3) is 0 Å². The molecular formula is C21H25ClN4O5. The van der Waals surface area contributed by atoms with Crippen molar-refractivity contribution in [1.29, 1.82) is 0 Å². The van der Waals surface area contributed by atoms with Crippen molar-refractivity contribution in [3.8, 4) is 5.75 Å². The summed E-state index contributed by atoms with van der Waals surface area (Å²) in [6, 6.07) is 4.47. The standard InChI is InChI=1S/C21H25ClN4O5/c1-13-11-30-17-6-5-15(22)9-16(17)20(28)23-7-3-4-8-26(10-18(27)25-13)21(29)19-14(2)31-12-24-19/h5-6,9,12-13H,3-4,7-8,10-11H2,1-2H3,(H,23,28)(H,25,27)/t13-/m1/s1. The monoisotopic (exact) mass is 448 g/mol. The molecule has 0 bridgehead atoms. The number of nitrogens with one attached hydrogen (secondary N) is 2. The number of aromatic nitrogens is 1. The molecule has 1 aromatic heterocycles. The second-order valence-electron chi connectivity index (χ2n) is 7.37. The molecule has 2 N–H and O–H groups in total. The van der Waals surface area contributed by atoms with Crippen LogP contribution in [0.2, 0.25) is 5.02 Å². The van der Waals surface area contributed by atoms with Gasteiger partial charge in [-0.2, -0.15) is 0 Å². The Labute approximate surface area is 185 Å². The number of nitrogens with zero attached hydrogens (tertiary/aromatic N) is 2. The number of hydrogen-bond donors (Lipinski definition) is 2. The SMILES string of the molecule is Cc1ocnc1C(=O)N1CCCCNC(=O)c2cc(Cl)ccc2OC[C@@H](C)NC(=O)C1. The lowest BCUT2D eigenvalue weighted by Crippen LogP contribution is -2.45. The summed E-state index contributed by atoms with van der Waals surface area (Å²) >= 11 is 6.04. The van der Waals surface area contributed by atoms with Gasteiger partial charge in [0.25, 0.3) is 11.8 Å². The fourth-order valence-electron chi connectivity index (χ4n) is 3.19. The first-order valence-electron chi connectivity index (χ1n) is 10.0. The van der Waals surface area contributed by atoms with Crippen molar-refractivity contribution in [3.05, 3.63) is 46.6 Å². The summed E-state index contributed by atoms with van der Waals surface area (Å²) < 4.78 is 10.9. The van der Waals surface area contributed by atoms with Gasteiger partial charge >= 0.3 is 0 Å². The van der Waals surface area contributed by atoms with Gasteiger partial charge in [0.05, 0.1) is 18.2 Å². The second kappa shape index (κ2) is 10.3. The van der Waals surface area contributed by atoms with E-state index >= 15 is 0 Å². The van der Waals surface area contributed by atoms with E-state index in [4.69, 9.17) is 20.8 Å². The van der Waals surface area contributed by atoms with E-state index in [2.05, 4.69) is 15.6 Å². The fourth-order valence-corrected chi connectivity index (χ4v) is 3.37. The molecular weight excluding hydrogens is 424 g/mol. The summed E-state index contributed by atoms with van der Waals surface area (Å²) in [5.41, 5.74) is 0.516. The summed E-state index contributed by atoms with van der Waals surface area (Å²) in [5, 5.41) is 6.09. The van der Waals surface area contributed by atoms with Crippen LogP contribution >= 0.6 is 11.6 Å². The van der Waals surface area contributed by atoms with Crippen LogP contribution in [-0.4, -0.2) is 59.9 Å². The molecule has 1 atom stereocenters. The van der Waals surface area contributed by atoms with Crippen LogP contribution in [0, 0.1) is 6.92 Å². The van der Waals surface area contributed by atoms with E-state index in [0.29, 0.717) is 48.0 Å². The van der Waals surface area contributed by atoms with Crippen molar-refractivity contribution >= 4 is 29.3 Å². The van der Waals surface area contributed by atoms with Gasteiger partial charge in [-0.15, -0.1) is 0 Å². The zero-order valence-electron chi connectivity index (χ0n) is 17.4. The van der Waals surface area contributed by atoms with Gasteiger partial charge < -0.3 is 24.7 Å². The molecule has 0 saturated carbocycles. The predicted molar refractivity (Wildman–Crippen MR) is 113 cm³/mol. The molecule has 0 radical (unpaired) electrons. The van der Waals surface area contributed by atoms with Gasteiger partial charge in [0.2, 0.25) is 5.91 Å². The van der Waals surface area contributed by atoms with E-state index < -0.39 is 0 Å². The zero-order valence-corrected chi connectivity index (χ0v) is 18.2. The van der Waals surface area contributed by atoms with Crippen LogP contribution in [0.15, 0.2) is 29.0 Å². The van der Waals surface area contributed by atoms with Gasteiger partial charge in [-0.25, -0.2) is 4.98 Å². The number of halogens is 1. The molecule has 0 aliphatic carbocycles. The van der Waals surface area contributed by atoms with Crippen LogP contribution in [-0.2, 0) is 4.79 Å². The number of oxazole rings is 1. The molecule has 10 heteroatoms. The van der Waals surface area contributed by atoms with E-state index in [-0.39, 0.29) is 42.6 Å². The van der Waals surface area contributed by atoms with Crippen molar-refractivity contribution in [3.63, 3.8) is 0 Å². The Balaban J connectivity index is 1.76. The van der Waals surface area contributed by atoms with Crippen LogP contribution < -0.4 is 15.4 Å². The van der Waals surface area contributed by atoms with Crippen LogP contribution in [0.3, 0.4) is 0 Å². The molecule has 3 amide bonds. The maximum Gasteiger partial charge on any atom is 0.276 e. The van der Waals surface area contributed by atoms with Gasteiger partial charge in [0.1, 0.15) is 18.1 Å². The van der Waals surface area contributed by atoms with E-state index in [1.54, 1.807) is 32.0 Å². The summed E-state index contributed by atoms with van der Waals surface area (Å²) in [6.45, 7) is 4.19. The van der Waals surface area contributed by atoms with E-state index in [1.807, 2.05) is 0 Å². The highest BCUT2D eigenvalue weighted by molar-refractivity contribution is 6.31. The number of carbonyl (C=O) groups is 3. The Morgan fingerprint density at radius 1 is 1.29 bits per heavy atom. The quantitative estimate of drug-likeness (QED) is 0.691. The lowest BCUT2D eigenvalue weighted by Gasteiger charge is -2.23. The van der Waals surface area contributed by atoms with Crippen molar-refractivity contribution in [2.75, 3.05) is 26.2 Å². The maximum atomic E-state index is 12.9. The highest BCUT2D eigenvalue weighted by Gasteiger charge is 2.24. The number of aryl methyl sites for hydroxylation is 1. The summed E-state index contributed by atoms with van der Waals surface area (Å²) in [6.07, 6.45) is 2.40. The number of amides is 3. The third kappa shape index (κ3) is 5.97. The van der Waals surface area contributed by atoms with Crippen molar-refractivity contribution in [1.82, 2.24) is 20.5 Å². The Kier molecular flexibility index (Phi) is 7.51. The number of benzene rings is 1. The molecule has 9 nitrogen and oxygen atoms in total. The van der Waals surface area contributed by atoms with Gasteiger partial charge in [-0.05, 0) is 44.9 Å². The third-order valence-corrected chi connectivity index (χ3v) is 5.03. The van der Waals surface area contributed by atoms with E-state index in [0.717, 1.165) is 0 Å². The Morgan fingerprint density at radius 3 is 2.84 bits per heavy atom. The molecule has 3 rings (SSSR count). The number of hydrogen-bond acceptors (Lipinski definition) is 6. The molecule has 0 spiro atoms. The first-order chi connectivity index (χ1) is 14.8. The minimum absolute atomic E-state index is 0.117. The molecule has 0 fully saturated rings. The predicted octanol–water partition coefficient (Wildman–Crippen LogP) is 2.19. The Bertz CT molecular complexity index is 961. The summed E-state index contributed by atoms with van der Waals surface area (Å²) in [5.74, 6) is -0.204. The largest absolute Gasteiger partial charge is 0.491 e. The molecule has 0 unspecified atom stereocenters. The van der Waals surface area contributed by atoms with Crippen molar-refractivity contribution < 1.29 is 23.5 Å². The van der Waals surface area contributed by atoms with Crippen LogP contribution in [0.4, 0.5) is 0 Å². The number of fused-ring (bicyclic) bond motifs is 1. The third-order valence-electron chi connectivity index (χ3n) is 4.79. The minimum Gasteiger partial charge on any atom is -0.491 e. The zero-order chi connectivity index (χ0) is 22.4. The van der Waals surface area contributed by atoms with Crippen LogP contribution in [0.5, 0.6) is 5.75 Å². The Hall–Kier alpha value is -3.07. The number of rotatable bonds is 1. The van der Waals surface area contributed by atoms with E-state index in [1.165, 1.54) is 11.3 Å². The lowest BCUT2D eigenvalue weighted by atomic mass is 10.1. The van der Waals surface area contributed by atoms with Gasteiger partial charge in [-0.3, -0.25) is 14.4 Å². The molecule has 2 aromatic rings. The Morgan fingerprint density at radius 2 is 2.10 bits per heavy atom. The molecule has 1 aromatic carbocycles. The van der Waals surface area contributed by atoms with Crippen molar-refractivity contribution in [2.45, 2.75) is 32.7 Å². The average molecular weight is 449 g/mol. The number of ether oxygens (including phenoxy) is 1. The molecule has 31 heavy (non-hydrogen) atoms. The average Bonchev–Trinajstić information content (AvgIpc) is 3.16. The van der Waals surface area contributed by atoms with Crippen LogP contribution in [0.1, 0.15) is 46.4 Å². The molecule has 1 aliphatic rings. The first kappa shape index (κ1) is 22.6. The highest BCUT2D eigenvalue weighted by Crippen LogP contribution is 2.23. The smallest absolute Gasteiger partial charge is 0.276 e. The molecule has 0 saturated heterocycles. The molecule has 1 aliphatic heterocycles. The topological polar surface area (TPSA) is 114 Å². The molecule has 2 heterocycles. The first-order valence-corrected chi connectivity index (χ1v) is 10.4. The summed E-state index contributed by atoms with van der Waals surface area (Å²) in [4.78, 5) is 43.4. The van der Waals surface area contributed by atoms with E-state index in [9.17, 15) is 14.4 Å². The van der Waals surface area contributed by atoms with Gasteiger partial charge in [-0.1, -0.05) is 11.6 Å². The number of carbonyl (C=O) groups excluding carboxylic acids is 3. The second-order valence-corrected chi connectivity index (χ2v) is 7.80. The van der Waals surface area contributed by atoms with Gasteiger partial charge in [0, 0.05) is 18.1 Å². The lowest BCUT2D eigenvalue weighted by molar-refractivity contribution is -0.122.